The third-order valence-corrected chi connectivity index (χ3v) is 4.91. The van der Waals surface area contributed by atoms with Crippen molar-refractivity contribution in [3.05, 3.63) is 30.6 Å². The molecule has 162 valence electrons. The van der Waals surface area contributed by atoms with Gasteiger partial charge in [0.2, 0.25) is 0 Å². The summed E-state index contributed by atoms with van der Waals surface area (Å²) in [4.78, 5) is 19.5. The number of carbonyl (C=O) groups is 1. The number of carbonyl (C=O) groups excluding carboxylic acids is 1. The number of nitrogens with zero attached hydrogens (tertiary/aromatic N) is 3. The molecule has 7 heteroatoms. The van der Waals surface area contributed by atoms with Gasteiger partial charge in [-0.05, 0) is 52.9 Å². The Morgan fingerprint density at radius 1 is 1.17 bits per heavy atom. The van der Waals surface area contributed by atoms with Crippen molar-refractivity contribution in [3.63, 3.8) is 0 Å². The van der Waals surface area contributed by atoms with E-state index < -0.39 is 11.7 Å². The average Bonchev–Trinajstić information content (AvgIpc) is 3.02. The highest BCUT2D eigenvalue weighted by Gasteiger charge is 2.24. The summed E-state index contributed by atoms with van der Waals surface area (Å²) in [5.41, 5.74) is 0.830. The van der Waals surface area contributed by atoms with Gasteiger partial charge in [-0.3, -0.25) is 4.98 Å². The van der Waals surface area contributed by atoms with Gasteiger partial charge in [0.15, 0.2) is 11.5 Å². The van der Waals surface area contributed by atoms with E-state index in [0.717, 1.165) is 35.8 Å². The fourth-order valence-corrected chi connectivity index (χ4v) is 3.32. The van der Waals surface area contributed by atoms with Gasteiger partial charge < -0.3 is 19.1 Å². The summed E-state index contributed by atoms with van der Waals surface area (Å²) in [5, 5.41) is 1.71. The normalized spacial score (nSPS) is 12.0. The summed E-state index contributed by atoms with van der Waals surface area (Å²) in [7, 11) is 3.70. The minimum Gasteiger partial charge on any atom is -0.493 e. The lowest BCUT2D eigenvalue weighted by molar-refractivity contribution is 0.0551. The van der Waals surface area contributed by atoms with E-state index in [4.69, 9.17) is 14.2 Å². The molecule has 3 aromatic rings. The lowest BCUT2D eigenvalue weighted by Crippen LogP contribution is -2.27. The Labute approximate surface area is 177 Å². The van der Waals surface area contributed by atoms with Crippen LogP contribution in [0.25, 0.3) is 21.8 Å². The van der Waals surface area contributed by atoms with Crippen molar-refractivity contribution >= 4 is 27.9 Å². The smallest absolute Gasteiger partial charge is 0.419 e. The molecule has 0 radical (unpaired) electrons. The Kier molecular flexibility index (Phi) is 6.51. The van der Waals surface area contributed by atoms with Gasteiger partial charge in [-0.1, -0.05) is 6.92 Å². The van der Waals surface area contributed by atoms with Crippen molar-refractivity contribution in [2.45, 2.75) is 39.7 Å². The molecule has 0 N–H and O–H groups in total. The number of hydrogen-bond acceptors (Lipinski definition) is 6. The van der Waals surface area contributed by atoms with Crippen LogP contribution in [0.15, 0.2) is 30.6 Å². The molecular formula is C23H31N3O4. The Balaban J connectivity index is 2.04. The molecule has 0 aliphatic carbocycles. The zero-order valence-corrected chi connectivity index (χ0v) is 18.7. The number of ether oxygens (including phenoxy) is 3. The van der Waals surface area contributed by atoms with Crippen LogP contribution in [0.2, 0.25) is 0 Å². The zero-order chi connectivity index (χ0) is 21.9. The number of aromatic nitrogens is 2. The second kappa shape index (κ2) is 8.92. The van der Waals surface area contributed by atoms with Crippen molar-refractivity contribution in [3.8, 4) is 11.5 Å². The third-order valence-electron chi connectivity index (χ3n) is 4.91. The lowest BCUT2D eigenvalue weighted by atomic mass is 10.2. The zero-order valence-electron chi connectivity index (χ0n) is 18.7. The van der Waals surface area contributed by atoms with Gasteiger partial charge in [-0.2, -0.15) is 0 Å². The van der Waals surface area contributed by atoms with Crippen molar-refractivity contribution < 1.29 is 19.0 Å². The molecule has 0 aliphatic heterocycles. The van der Waals surface area contributed by atoms with Gasteiger partial charge in [0, 0.05) is 35.8 Å². The molecule has 0 spiro atoms. The van der Waals surface area contributed by atoms with Gasteiger partial charge in [0.1, 0.15) is 5.60 Å². The number of methoxy groups -OCH3 is 1. The van der Waals surface area contributed by atoms with Gasteiger partial charge in [-0.25, -0.2) is 9.36 Å². The monoisotopic (exact) mass is 413 g/mol. The maximum absolute atomic E-state index is 13.0. The molecule has 7 nitrogen and oxygen atoms in total. The molecular weight excluding hydrogens is 382 g/mol. The first kappa shape index (κ1) is 21.9. The maximum atomic E-state index is 13.0. The van der Waals surface area contributed by atoms with E-state index in [1.807, 2.05) is 39.0 Å². The molecule has 1 aromatic carbocycles. The van der Waals surface area contributed by atoms with Crippen LogP contribution in [0.4, 0.5) is 4.79 Å². The van der Waals surface area contributed by atoms with Crippen LogP contribution in [0, 0.1) is 0 Å². The first-order valence-corrected chi connectivity index (χ1v) is 10.3. The highest BCUT2D eigenvalue weighted by molar-refractivity contribution is 6.13. The Hall–Kier alpha value is -2.80. The summed E-state index contributed by atoms with van der Waals surface area (Å²) in [5.74, 6) is 1.23. The molecule has 0 saturated carbocycles. The molecule has 0 bridgehead atoms. The van der Waals surface area contributed by atoms with Crippen LogP contribution in [0.3, 0.4) is 0 Å². The quantitative estimate of drug-likeness (QED) is 0.523. The highest BCUT2D eigenvalue weighted by Crippen LogP contribution is 2.38. The summed E-state index contributed by atoms with van der Waals surface area (Å²) < 4.78 is 18.8. The second-order valence-corrected chi connectivity index (χ2v) is 8.33. The number of pyridine rings is 1. The van der Waals surface area contributed by atoms with Crippen molar-refractivity contribution in [1.29, 1.82) is 0 Å². The summed E-state index contributed by atoms with van der Waals surface area (Å²) >= 11 is 0. The lowest BCUT2D eigenvalue weighted by Gasteiger charge is -2.20. The molecule has 0 atom stereocenters. The van der Waals surface area contributed by atoms with Gasteiger partial charge in [-0.15, -0.1) is 0 Å². The van der Waals surface area contributed by atoms with Crippen molar-refractivity contribution in [2.24, 2.45) is 0 Å². The largest absolute Gasteiger partial charge is 0.493 e. The van der Waals surface area contributed by atoms with E-state index in [9.17, 15) is 4.79 Å². The molecule has 2 heterocycles. The van der Waals surface area contributed by atoms with Crippen LogP contribution in [0.1, 0.15) is 34.1 Å². The summed E-state index contributed by atoms with van der Waals surface area (Å²) in [6.07, 6.45) is 3.87. The third kappa shape index (κ3) is 4.67. The van der Waals surface area contributed by atoms with Crippen LogP contribution in [0.5, 0.6) is 11.5 Å². The van der Waals surface area contributed by atoms with E-state index in [1.54, 1.807) is 24.1 Å². The molecule has 0 amide bonds. The SMILES string of the molecule is CCN(C)CCCOc1cc2c(cc1OC)c1cnccc1n2C(=O)OC(C)(C)C. The molecule has 30 heavy (non-hydrogen) atoms. The number of hydrogen-bond donors (Lipinski definition) is 0. The predicted molar refractivity (Wildman–Crippen MR) is 119 cm³/mol. The van der Waals surface area contributed by atoms with E-state index in [1.165, 1.54) is 0 Å². The van der Waals surface area contributed by atoms with Gasteiger partial charge >= 0.3 is 6.09 Å². The topological polar surface area (TPSA) is 65.8 Å². The van der Waals surface area contributed by atoms with Crippen LogP contribution < -0.4 is 9.47 Å². The fourth-order valence-electron chi connectivity index (χ4n) is 3.32. The molecule has 0 unspecified atom stereocenters. The predicted octanol–water partition coefficient (Wildman–Crippen LogP) is 4.70. The fraction of sp³-hybridized carbons (Fsp3) is 0.478. The first-order valence-electron chi connectivity index (χ1n) is 10.3. The highest BCUT2D eigenvalue weighted by atomic mass is 16.6. The second-order valence-electron chi connectivity index (χ2n) is 8.33. The number of fused-ring (bicyclic) bond motifs is 3. The standard InChI is InChI=1S/C23H31N3O4/c1-7-25(5)11-8-12-29-21-14-19-16(13-20(21)28-6)17-15-24-10-9-18(17)26(19)22(27)30-23(2,3)4/h9-10,13-15H,7-8,11-12H2,1-6H3. The van der Waals surface area contributed by atoms with Crippen LogP contribution in [-0.4, -0.2) is 60.0 Å². The van der Waals surface area contributed by atoms with Gasteiger partial charge in [0.05, 0.1) is 24.8 Å². The molecule has 0 aliphatic rings. The maximum Gasteiger partial charge on any atom is 0.419 e. The molecule has 2 aromatic heterocycles. The minimum atomic E-state index is -0.607. The Bertz CT molecular complexity index is 1040. The average molecular weight is 414 g/mol. The number of rotatable bonds is 7. The Morgan fingerprint density at radius 2 is 1.93 bits per heavy atom. The minimum absolute atomic E-state index is 0.436. The van der Waals surface area contributed by atoms with Crippen LogP contribution in [-0.2, 0) is 4.74 Å². The Morgan fingerprint density at radius 3 is 2.60 bits per heavy atom. The van der Waals surface area contributed by atoms with E-state index in [2.05, 4.69) is 23.9 Å². The molecule has 3 rings (SSSR count). The van der Waals surface area contributed by atoms with E-state index in [-0.39, 0.29) is 0 Å². The van der Waals surface area contributed by atoms with Gasteiger partial charge in [0.25, 0.3) is 0 Å². The number of benzene rings is 1. The molecule has 0 fully saturated rings. The summed E-state index contributed by atoms with van der Waals surface area (Å²) in [6, 6.07) is 5.56. The van der Waals surface area contributed by atoms with E-state index in [0.29, 0.717) is 23.6 Å². The van der Waals surface area contributed by atoms with E-state index >= 15 is 0 Å². The molecule has 0 saturated heterocycles. The van der Waals surface area contributed by atoms with Crippen molar-refractivity contribution in [2.75, 3.05) is 33.9 Å². The summed E-state index contributed by atoms with van der Waals surface area (Å²) in [6.45, 7) is 10.2. The first-order chi connectivity index (χ1) is 14.2. The van der Waals surface area contributed by atoms with Crippen molar-refractivity contribution in [1.82, 2.24) is 14.5 Å². The van der Waals surface area contributed by atoms with Crippen LogP contribution >= 0.6 is 0 Å².